The quantitative estimate of drug-likeness (QED) is 0.225. The van der Waals surface area contributed by atoms with Crippen LogP contribution in [0.2, 0.25) is 0 Å². The van der Waals surface area contributed by atoms with Crippen LogP contribution in [0.25, 0.3) is 10.9 Å². The fourth-order valence-corrected chi connectivity index (χ4v) is 3.68. The number of unbranched alkanes of at least 4 members (excludes halogenated alkanes) is 5. The zero-order chi connectivity index (χ0) is 24.1. The van der Waals surface area contributed by atoms with E-state index in [2.05, 4.69) is 44.8 Å². The summed E-state index contributed by atoms with van der Waals surface area (Å²) in [6.45, 7) is 9.60. The number of aromatic nitrogens is 1. The molecule has 0 bridgehead atoms. The largest absolute Gasteiger partial charge is 0.494 e. The maximum Gasteiger partial charge on any atom is 0.294 e. The van der Waals surface area contributed by atoms with Gasteiger partial charge in [-0.15, -0.1) is 0 Å². The predicted molar refractivity (Wildman–Crippen MR) is 138 cm³/mol. The van der Waals surface area contributed by atoms with Gasteiger partial charge < -0.3 is 19.2 Å². The molecule has 0 saturated heterocycles. The molecule has 2 aromatic rings. The van der Waals surface area contributed by atoms with Crippen LogP contribution >= 0.6 is 0 Å². The lowest BCUT2D eigenvalue weighted by Gasteiger charge is -2.13. The summed E-state index contributed by atoms with van der Waals surface area (Å²) < 4.78 is 17.3. The normalized spacial score (nSPS) is 11.5. The van der Waals surface area contributed by atoms with Gasteiger partial charge in [0, 0.05) is 11.5 Å². The van der Waals surface area contributed by atoms with Crippen LogP contribution in [0.3, 0.4) is 0 Å². The van der Waals surface area contributed by atoms with Gasteiger partial charge in [-0.2, -0.15) is 0 Å². The summed E-state index contributed by atoms with van der Waals surface area (Å²) in [4.78, 5) is 15.5. The Balaban J connectivity index is 2.06. The Bertz CT molecular complexity index is 983. The zero-order valence-electron chi connectivity index (χ0n) is 21.1. The number of H-pyrrole nitrogens is 1. The van der Waals surface area contributed by atoms with Crippen LogP contribution < -0.4 is 19.8 Å². The monoisotopic (exact) mass is 455 g/mol. The summed E-state index contributed by atoms with van der Waals surface area (Å²) in [6, 6.07) is 5.70. The molecule has 0 saturated carbocycles. The molecule has 33 heavy (non-hydrogen) atoms. The van der Waals surface area contributed by atoms with E-state index in [-0.39, 0.29) is 11.3 Å². The van der Waals surface area contributed by atoms with Crippen molar-refractivity contribution in [3.8, 4) is 17.2 Å². The van der Waals surface area contributed by atoms with Crippen LogP contribution in [0.15, 0.2) is 46.3 Å². The van der Waals surface area contributed by atoms with Gasteiger partial charge in [0.05, 0.1) is 19.2 Å². The first-order chi connectivity index (χ1) is 16.0. The SMILES string of the molecule is CCCCCCCCOc1ccc2c(OC/C=C(\C)CCC=C(C)C)c(OC)c(=O)[nH]c2c1. The number of pyridine rings is 1. The Hall–Kier alpha value is -2.69. The molecular weight excluding hydrogens is 414 g/mol. The van der Waals surface area contributed by atoms with Crippen molar-refractivity contribution in [1.29, 1.82) is 0 Å². The highest BCUT2D eigenvalue weighted by molar-refractivity contribution is 5.88. The van der Waals surface area contributed by atoms with Gasteiger partial charge in [0.25, 0.3) is 5.56 Å². The van der Waals surface area contributed by atoms with E-state index in [0.717, 1.165) is 30.4 Å². The molecule has 0 spiro atoms. The second-order valence-electron chi connectivity index (χ2n) is 8.82. The number of aromatic amines is 1. The van der Waals surface area contributed by atoms with Gasteiger partial charge in [0.1, 0.15) is 12.4 Å². The number of allylic oxidation sites excluding steroid dienone is 3. The average Bonchev–Trinajstić information content (AvgIpc) is 2.78. The van der Waals surface area contributed by atoms with Crippen molar-refractivity contribution in [1.82, 2.24) is 4.98 Å². The van der Waals surface area contributed by atoms with E-state index in [1.807, 2.05) is 18.2 Å². The minimum atomic E-state index is -0.308. The number of rotatable bonds is 15. The Labute approximate surface area is 198 Å². The number of nitrogens with one attached hydrogen (secondary N) is 1. The summed E-state index contributed by atoms with van der Waals surface area (Å²) in [5, 5.41) is 0.800. The van der Waals surface area contributed by atoms with Gasteiger partial charge in [0.15, 0.2) is 5.75 Å². The average molecular weight is 456 g/mol. The fraction of sp³-hybridized carbons (Fsp3) is 0.536. The van der Waals surface area contributed by atoms with Crippen molar-refractivity contribution in [2.45, 2.75) is 79.1 Å². The van der Waals surface area contributed by atoms with Gasteiger partial charge in [-0.1, -0.05) is 56.3 Å². The Morgan fingerprint density at radius 1 is 0.970 bits per heavy atom. The number of methoxy groups -OCH3 is 1. The Morgan fingerprint density at radius 3 is 2.45 bits per heavy atom. The van der Waals surface area contributed by atoms with Crippen LogP contribution in [-0.2, 0) is 0 Å². The van der Waals surface area contributed by atoms with E-state index in [9.17, 15) is 4.79 Å². The lowest BCUT2D eigenvalue weighted by Crippen LogP contribution is -2.12. The lowest BCUT2D eigenvalue weighted by atomic mass is 10.1. The van der Waals surface area contributed by atoms with Gasteiger partial charge in [-0.05, 0) is 58.2 Å². The number of ether oxygens (including phenoxy) is 3. The number of hydrogen-bond acceptors (Lipinski definition) is 4. The van der Waals surface area contributed by atoms with Gasteiger partial charge in [-0.25, -0.2) is 0 Å². The molecule has 0 fully saturated rings. The smallest absolute Gasteiger partial charge is 0.294 e. The topological polar surface area (TPSA) is 60.6 Å². The number of benzene rings is 1. The summed E-state index contributed by atoms with van der Waals surface area (Å²) in [5.74, 6) is 1.41. The minimum absolute atomic E-state index is 0.193. The molecule has 1 aromatic carbocycles. The van der Waals surface area contributed by atoms with E-state index in [0.29, 0.717) is 24.5 Å². The van der Waals surface area contributed by atoms with E-state index in [4.69, 9.17) is 14.2 Å². The van der Waals surface area contributed by atoms with E-state index >= 15 is 0 Å². The second kappa shape index (κ2) is 14.5. The molecule has 0 radical (unpaired) electrons. The molecule has 1 aromatic heterocycles. The van der Waals surface area contributed by atoms with Crippen molar-refractivity contribution in [2.75, 3.05) is 20.3 Å². The molecular formula is C28H41NO4. The molecule has 5 heteroatoms. The molecule has 2 rings (SSSR count). The van der Waals surface area contributed by atoms with Crippen molar-refractivity contribution < 1.29 is 14.2 Å². The van der Waals surface area contributed by atoms with E-state index in [1.165, 1.54) is 50.4 Å². The first-order valence-electron chi connectivity index (χ1n) is 12.2. The first kappa shape index (κ1) is 26.6. The van der Waals surface area contributed by atoms with Crippen LogP contribution in [0.1, 0.15) is 79.1 Å². The molecule has 0 atom stereocenters. The molecule has 0 amide bonds. The Kier molecular flexibility index (Phi) is 11.6. The highest BCUT2D eigenvalue weighted by Gasteiger charge is 2.15. The van der Waals surface area contributed by atoms with Crippen LogP contribution in [0.4, 0.5) is 0 Å². The van der Waals surface area contributed by atoms with Gasteiger partial charge in [-0.3, -0.25) is 4.79 Å². The third kappa shape index (κ3) is 8.99. The maximum atomic E-state index is 12.6. The van der Waals surface area contributed by atoms with Crippen molar-refractivity contribution >= 4 is 10.9 Å². The molecule has 0 unspecified atom stereocenters. The first-order valence-corrected chi connectivity index (χ1v) is 12.2. The van der Waals surface area contributed by atoms with E-state index < -0.39 is 0 Å². The fourth-order valence-electron chi connectivity index (χ4n) is 3.68. The van der Waals surface area contributed by atoms with E-state index in [1.54, 1.807) is 0 Å². The summed E-state index contributed by atoms with van der Waals surface area (Å²) in [5.41, 5.74) is 2.96. The van der Waals surface area contributed by atoms with Gasteiger partial charge in [0.2, 0.25) is 5.75 Å². The summed E-state index contributed by atoms with van der Waals surface area (Å²) in [6.07, 6.45) is 13.6. The highest BCUT2D eigenvalue weighted by atomic mass is 16.5. The third-order valence-electron chi connectivity index (χ3n) is 5.62. The lowest BCUT2D eigenvalue weighted by molar-refractivity contribution is 0.304. The molecule has 1 heterocycles. The van der Waals surface area contributed by atoms with Gasteiger partial charge >= 0.3 is 0 Å². The molecule has 5 nitrogen and oxygen atoms in total. The van der Waals surface area contributed by atoms with Crippen LogP contribution in [0, 0.1) is 0 Å². The summed E-state index contributed by atoms with van der Waals surface area (Å²) in [7, 11) is 1.49. The summed E-state index contributed by atoms with van der Waals surface area (Å²) >= 11 is 0. The standard InChI is InChI=1S/C28H41NO4/c1-6-7-8-9-10-11-18-32-23-15-16-24-25(20-23)29-28(30)27(31-5)26(24)33-19-17-22(4)14-12-13-21(2)3/h13,15-17,20H,6-12,14,18-19H2,1-5H3,(H,29,30)/b22-17+. The van der Waals surface area contributed by atoms with Crippen molar-refractivity contribution in [3.05, 3.63) is 51.9 Å². The Morgan fingerprint density at radius 2 is 1.73 bits per heavy atom. The van der Waals surface area contributed by atoms with Crippen molar-refractivity contribution in [2.24, 2.45) is 0 Å². The minimum Gasteiger partial charge on any atom is -0.494 e. The third-order valence-corrected chi connectivity index (χ3v) is 5.62. The number of fused-ring (bicyclic) bond motifs is 1. The molecule has 182 valence electrons. The molecule has 0 aliphatic carbocycles. The molecule has 0 aliphatic heterocycles. The molecule has 1 N–H and O–H groups in total. The predicted octanol–water partition coefficient (Wildman–Crippen LogP) is 7.35. The highest BCUT2D eigenvalue weighted by Crippen LogP contribution is 2.33. The second-order valence-corrected chi connectivity index (χ2v) is 8.82. The van der Waals surface area contributed by atoms with Crippen LogP contribution in [0.5, 0.6) is 17.2 Å². The number of hydrogen-bond donors (Lipinski definition) is 1. The zero-order valence-corrected chi connectivity index (χ0v) is 21.1. The van der Waals surface area contributed by atoms with Crippen LogP contribution in [-0.4, -0.2) is 25.3 Å². The molecule has 0 aliphatic rings. The van der Waals surface area contributed by atoms with Crippen molar-refractivity contribution in [3.63, 3.8) is 0 Å². The maximum absolute atomic E-state index is 12.6.